The van der Waals surface area contributed by atoms with Gasteiger partial charge in [0.15, 0.2) is 0 Å². The van der Waals surface area contributed by atoms with E-state index < -0.39 is 5.97 Å². The second kappa shape index (κ2) is 5.56. The van der Waals surface area contributed by atoms with E-state index in [4.69, 9.17) is 5.11 Å². The lowest BCUT2D eigenvalue weighted by Gasteiger charge is -2.00. The molecule has 0 unspecified atom stereocenters. The SMILES string of the molecule is CCC(=O)CSc1ccc(C(=O)O)cc1. The zero-order valence-corrected chi connectivity index (χ0v) is 9.21. The molecule has 0 saturated heterocycles. The fourth-order valence-electron chi connectivity index (χ4n) is 0.960. The standard InChI is InChI=1S/C11H12O3S/c1-2-9(12)7-15-10-5-3-8(4-6-10)11(13)14/h3-6H,2,7H2,1H3,(H,13,14). The maximum atomic E-state index is 11.0. The van der Waals surface area contributed by atoms with Gasteiger partial charge in [-0.1, -0.05) is 6.92 Å². The predicted octanol–water partition coefficient (Wildman–Crippen LogP) is 2.46. The number of hydrogen-bond donors (Lipinski definition) is 1. The number of hydrogen-bond acceptors (Lipinski definition) is 3. The minimum Gasteiger partial charge on any atom is -0.478 e. The molecule has 0 aliphatic carbocycles. The molecule has 0 fully saturated rings. The predicted molar refractivity (Wildman–Crippen MR) is 59.4 cm³/mol. The lowest BCUT2D eigenvalue weighted by Crippen LogP contribution is -1.98. The third-order valence-electron chi connectivity index (χ3n) is 1.90. The van der Waals surface area contributed by atoms with E-state index in [0.29, 0.717) is 12.2 Å². The van der Waals surface area contributed by atoms with E-state index in [1.165, 1.54) is 11.8 Å². The van der Waals surface area contributed by atoms with Crippen LogP contribution in [0.25, 0.3) is 0 Å². The highest BCUT2D eigenvalue weighted by molar-refractivity contribution is 8.00. The highest BCUT2D eigenvalue weighted by Crippen LogP contribution is 2.18. The number of carbonyl (C=O) groups is 2. The van der Waals surface area contributed by atoms with Crippen molar-refractivity contribution in [3.8, 4) is 0 Å². The van der Waals surface area contributed by atoms with Crippen LogP contribution in [-0.4, -0.2) is 22.6 Å². The number of carbonyl (C=O) groups excluding carboxylic acids is 1. The van der Waals surface area contributed by atoms with Gasteiger partial charge in [0.2, 0.25) is 0 Å². The van der Waals surface area contributed by atoms with Gasteiger partial charge in [-0.25, -0.2) is 4.79 Å². The van der Waals surface area contributed by atoms with Crippen LogP contribution in [0.5, 0.6) is 0 Å². The zero-order valence-electron chi connectivity index (χ0n) is 8.40. The number of Topliss-reactive ketones (excluding diaryl/α,β-unsaturated/α-hetero) is 1. The number of ketones is 1. The van der Waals surface area contributed by atoms with E-state index in [1.54, 1.807) is 24.3 Å². The van der Waals surface area contributed by atoms with E-state index >= 15 is 0 Å². The number of carboxylic acid groups (broad SMARTS) is 1. The molecule has 1 aromatic carbocycles. The van der Waals surface area contributed by atoms with Crippen molar-refractivity contribution in [1.82, 2.24) is 0 Å². The molecule has 0 aliphatic heterocycles. The molecular weight excluding hydrogens is 212 g/mol. The van der Waals surface area contributed by atoms with Crippen molar-refractivity contribution >= 4 is 23.5 Å². The summed E-state index contributed by atoms with van der Waals surface area (Å²) in [7, 11) is 0. The molecule has 1 N–H and O–H groups in total. The third kappa shape index (κ3) is 3.75. The van der Waals surface area contributed by atoms with Crippen molar-refractivity contribution in [1.29, 1.82) is 0 Å². The van der Waals surface area contributed by atoms with Gasteiger partial charge in [-0.15, -0.1) is 11.8 Å². The first-order valence-corrected chi connectivity index (χ1v) is 5.60. The summed E-state index contributed by atoms with van der Waals surface area (Å²) < 4.78 is 0. The lowest BCUT2D eigenvalue weighted by atomic mass is 10.2. The van der Waals surface area contributed by atoms with Crippen molar-refractivity contribution in [2.45, 2.75) is 18.2 Å². The van der Waals surface area contributed by atoms with Crippen molar-refractivity contribution in [2.24, 2.45) is 0 Å². The molecule has 0 heterocycles. The molecular formula is C11H12O3S. The summed E-state index contributed by atoms with van der Waals surface area (Å²) in [6.45, 7) is 1.83. The van der Waals surface area contributed by atoms with Crippen LogP contribution < -0.4 is 0 Å². The van der Waals surface area contributed by atoms with E-state index in [9.17, 15) is 9.59 Å². The first kappa shape index (κ1) is 11.8. The van der Waals surface area contributed by atoms with Gasteiger partial charge in [-0.3, -0.25) is 4.79 Å². The number of thioether (sulfide) groups is 1. The molecule has 3 nitrogen and oxygen atoms in total. The normalized spacial score (nSPS) is 9.93. The number of aromatic carboxylic acids is 1. The van der Waals surface area contributed by atoms with E-state index in [1.807, 2.05) is 6.92 Å². The quantitative estimate of drug-likeness (QED) is 0.780. The summed E-state index contributed by atoms with van der Waals surface area (Å²) >= 11 is 1.43. The average Bonchev–Trinajstić information content (AvgIpc) is 2.26. The lowest BCUT2D eigenvalue weighted by molar-refractivity contribution is -0.116. The molecule has 0 radical (unpaired) electrons. The van der Waals surface area contributed by atoms with Crippen LogP contribution in [0.1, 0.15) is 23.7 Å². The molecule has 0 spiro atoms. The Kier molecular flexibility index (Phi) is 4.37. The molecule has 1 aromatic rings. The Morgan fingerprint density at radius 3 is 2.33 bits per heavy atom. The Morgan fingerprint density at radius 2 is 1.87 bits per heavy atom. The molecule has 80 valence electrons. The van der Waals surface area contributed by atoms with Crippen LogP contribution >= 0.6 is 11.8 Å². The third-order valence-corrected chi connectivity index (χ3v) is 2.97. The highest BCUT2D eigenvalue weighted by Gasteiger charge is 2.03. The molecule has 0 aliphatic rings. The Morgan fingerprint density at radius 1 is 1.27 bits per heavy atom. The zero-order chi connectivity index (χ0) is 11.3. The maximum absolute atomic E-state index is 11.0. The van der Waals surface area contributed by atoms with Gasteiger partial charge in [0.1, 0.15) is 5.78 Å². The topological polar surface area (TPSA) is 54.4 Å². The van der Waals surface area contributed by atoms with Gasteiger partial charge in [0.05, 0.1) is 11.3 Å². The fraction of sp³-hybridized carbons (Fsp3) is 0.273. The first-order chi connectivity index (χ1) is 7.13. The second-order valence-electron chi connectivity index (χ2n) is 3.01. The van der Waals surface area contributed by atoms with Gasteiger partial charge >= 0.3 is 5.97 Å². The second-order valence-corrected chi connectivity index (χ2v) is 4.06. The van der Waals surface area contributed by atoms with E-state index in [0.717, 1.165) is 4.90 Å². The summed E-state index contributed by atoms with van der Waals surface area (Å²) in [6.07, 6.45) is 0.542. The summed E-state index contributed by atoms with van der Waals surface area (Å²) in [4.78, 5) is 22.5. The fourth-order valence-corrected chi connectivity index (χ4v) is 1.82. The minimum absolute atomic E-state index is 0.197. The van der Waals surface area contributed by atoms with E-state index in [-0.39, 0.29) is 11.3 Å². The number of carboxylic acids is 1. The summed E-state index contributed by atoms with van der Waals surface area (Å²) in [5.41, 5.74) is 0.265. The van der Waals surface area contributed by atoms with Crippen LogP contribution in [-0.2, 0) is 4.79 Å². The van der Waals surface area contributed by atoms with Gasteiger partial charge in [0, 0.05) is 11.3 Å². The van der Waals surface area contributed by atoms with Crippen LogP contribution in [0.2, 0.25) is 0 Å². The summed E-state index contributed by atoms with van der Waals surface area (Å²) in [6, 6.07) is 6.52. The molecule has 0 atom stereocenters. The summed E-state index contributed by atoms with van der Waals surface area (Å²) in [5, 5.41) is 8.67. The van der Waals surface area contributed by atoms with Crippen molar-refractivity contribution in [3.05, 3.63) is 29.8 Å². The summed E-state index contributed by atoms with van der Waals surface area (Å²) in [5.74, 6) is -0.290. The monoisotopic (exact) mass is 224 g/mol. The number of benzene rings is 1. The van der Waals surface area contributed by atoms with Crippen LogP contribution in [0.15, 0.2) is 29.2 Å². The molecule has 1 rings (SSSR count). The molecule has 15 heavy (non-hydrogen) atoms. The number of rotatable bonds is 5. The Bertz CT molecular complexity index is 357. The largest absolute Gasteiger partial charge is 0.478 e. The highest BCUT2D eigenvalue weighted by atomic mass is 32.2. The van der Waals surface area contributed by atoms with Crippen LogP contribution in [0, 0.1) is 0 Å². The van der Waals surface area contributed by atoms with Gasteiger partial charge in [-0.05, 0) is 24.3 Å². The van der Waals surface area contributed by atoms with Crippen molar-refractivity contribution in [2.75, 3.05) is 5.75 Å². The van der Waals surface area contributed by atoms with Gasteiger partial charge in [-0.2, -0.15) is 0 Å². The Labute approximate surface area is 92.5 Å². The van der Waals surface area contributed by atoms with Crippen molar-refractivity contribution < 1.29 is 14.7 Å². The molecule has 0 saturated carbocycles. The van der Waals surface area contributed by atoms with Gasteiger partial charge < -0.3 is 5.11 Å². The van der Waals surface area contributed by atoms with Crippen LogP contribution in [0.3, 0.4) is 0 Å². The molecule has 0 bridgehead atoms. The Hall–Kier alpha value is -1.29. The first-order valence-electron chi connectivity index (χ1n) is 4.61. The van der Waals surface area contributed by atoms with E-state index in [2.05, 4.69) is 0 Å². The average molecular weight is 224 g/mol. The molecule has 0 aromatic heterocycles. The van der Waals surface area contributed by atoms with Crippen molar-refractivity contribution in [3.63, 3.8) is 0 Å². The smallest absolute Gasteiger partial charge is 0.335 e. The molecule has 4 heteroatoms. The maximum Gasteiger partial charge on any atom is 0.335 e. The molecule has 0 amide bonds. The van der Waals surface area contributed by atoms with Gasteiger partial charge in [0.25, 0.3) is 0 Å². The minimum atomic E-state index is -0.934. The Balaban J connectivity index is 2.57. The van der Waals surface area contributed by atoms with Crippen LogP contribution in [0.4, 0.5) is 0 Å².